The van der Waals surface area contributed by atoms with Gasteiger partial charge in [-0.05, 0) is 25.3 Å². The molecule has 0 aliphatic carbocycles. The predicted molar refractivity (Wildman–Crippen MR) is 129 cm³/mol. The van der Waals surface area contributed by atoms with E-state index in [-0.39, 0.29) is 11.8 Å². The number of imidazole rings is 1. The largest absolute Gasteiger partial charge is 0.364 e. The highest BCUT2D eigenvalue weighted by Crippen LogP contribution is 2.20. The third-order valence-electron chi connectivity index (χ3n) is 4.77. The van der Waals surface area contributed by atoms with Crippen LogP contribution in [0.4, 0.5) is 5.82 Å². The maximum Gasteiger partial charge on any atom is 0.222 e. The van der Waals surface area contributed by atoms with Gasteiger partial charge in [0.25, 0.3) is 0 Å². The summed E-state index contributed by atoms with van der Waals surface area (Å²) >= 11 is 0. The van der Waals surface area contributed by atoms with Crippen LogP contribution in [0.5, 0.6) is 0 Å². The molecule has 1 amide bonds. The van der Waals surface area contributed by atoms with Crippen LogP contribution in [0.3, 0.4) is 0 Å². The normalized spacial score (nSPS) is 10.9. The van der Waals surface area contributed by atoms with Gasteiger partial charge in [-0.3, -0.25) is 4.79 Å². The van der Waals surface area contributed by atoms with E-state index in [9.17, 15) is 4.79 Å². The fourth-order valence-electron chi connectivity index (χ4n) is 3.20. The van der Waals surface area contributed by atoms with E-state index in [1.807, 2.05) is 45.3 Å². The summed E-state index contributed by atoms with van der Waals surface area (Å²) in [4.78, 5) is 25.1. The summed E-state index contributed by atoms with van der Waals surface area (Å²) < 4.78 is 1.99. The molecule has 0 radical (unpaired) electrons. The van der Waals surface area contributed by atoms with Crippen molar-refractivity contribution in [3.05, 3.63) is 48.0 Å². The number of anilines is 1. The Kier molecular flexibility index (Phi) is 11.9. The molecule has 7 nitrogen and oxygen atoms in total. The van der Waals surface area contributed by atoms with E-state index in [0.717, 1.165) is 29.8 Å². The number of nitrogens with zero attached hydrogens (tertiary/aromatic N) is 4. The highest BCUT2D eigenvalue weighted by molar-refractivity contribution is 5.82. The van der Waals surface area contributed by atoms with Crippen molar-refractivity contribution >= 4 is 22.9 Å². The lowest BCUT2D eigenvalue weighted by molar-refractivity contribution is -0.124. The van der Waals surface area contributed by atoms with Crippen molar-refractivity contribution < 1.29 is 4.79 Å². The summed E-state index contributed by atoms with van der Waals surface area (Å²) in [5, 5.41) is 6.09. The summed E-state index contributed by atoms with van der Waals surface area (Å²) in [7, 11) is 1.68. The van der Waals surface area contributed by atoms with Crippen molar-refractivity contribution in [2.45, 2.75) is 67.5 Å². The van der Waals surface area contributed by atoms with Crippen LogP contribution in [0.1, 0.15) is 58.6 Å². The molecule has 2 heterocycles. The second-order valence-electron chi connectivity index (χ2n) is 6.68. The van der Waals surface area contributed by atoms with Crippen LogP contribution < -0.4 is 10.6 Å². The number of hydrogen-bond acceptors (Lipinski definition) is 5. The van der Waals surface area contributed by atoms with Crippen LogP contribution in [0, 0.1) is 12.8 Å². The fourth-order valence-corrected chi connectivity index (χ4v) is 3.20. The van der Waals surface area contributed by atoms with Crippen LogP contribution in [-0.4, -0.2) is 32.5 Å². The molecule has 2 aromatic heterocycles. The average molecular weight is 427 g/mol. The van der Waals surface area contributed by atoms with E-state index < -0.39 is 0 Å². The standard InChI is InChI=1S/C20H26N6O.2C2H6/c1-4-16(20(27)21-3)8-9-26-13-25-17-18(23-12-24-19(17)26)22-11-15-7-5-6-14(2)10-15;2*1-2/h5-7,10,12-13,16H,4,8-9,11H2,1-3H3,(H,21,27)(H,22,23,24);2*1-2H3. The minimum Gasteiger partial charge on any atom is -0.364 e. The number of aromatic nitrogens is 4. The lowest BCUT2D eigenvalue weighted by Crippen LogP contribution is -2.27. The first-order chi connectivity index (χ1) is 15.1. The third-order valence-corrected chi connectivity index (χ3v) is 4.77. The molecule has 7 heteroatoms. The fraction of sp³-hybridized carbons (Fsp3) is 0.500. The van der Waals surface area contributed by atoms with E-state index in [2.05, 4.69) is 50.7 Å². The first kappa shape index (κ1) is 26.1. The summed E-state index contributed by atoms with van der Waals surface area (Å²) in [5.41, 5.74) is 3.95. The number of amides is 1. The molecule has 2 N–H and O–H groups in total. The van der Waals surface area contributed by atoms with Crippen molar-refractivity contribution in [2.75, 3.05) is 12.4 Å². The molecule has 0 aliphatic rings. The number of benzene rings is 1. The van der Waals surface area contributed by atoms with Gasteiger partial charge in [-0.1, -0.05) is 64.4 Å². The minimum atomic E-state index is -0.00629. The summed E-state index contributed by atoms with van der Waals surface area (Å²) in [6.07, 6.45) is 4.88. The molecular formula is C24H38N6O. The van der Waals surface area contributed by atoms with Gasteiger partial charge >= 0.3 is 0 Å². The van der Waals surface area contributed by atoms with E-state index in [1.165, 1.54) is 11.1 Å². The van der Waals surface area contributed by atoms with Gasteiger partial charge in [0.2, 0.25) is 5.91 Å². The molecule has 1 aromatic carbocycles. The van der Waals surface area contributed by atoms with Gasteiger partial charge in [0.1, 0.15) is 11.8 Å². The van der Waals surface area contributed by atoms with Crippen molar-refractivity contribution in [1.29, 1.82) is 0 Å². The van der Waals surface area contributed by atoms with Gasteiger partial charge in [-0.25, -0.2) is 15.0 Å². The van der Waals surface area contributed by atoms with Crippen LogP contribution in [0.2, 0.25) is 0 Å². The van der Waals surface area contributed by atoms with Gasteiger partial charge in [-0.15, -0.1) is 0 Å². The molecule has 0 bridgehead atoms. The molecule has 0 saturated carbocycles. The zero-order valence-corrected chi connectivity index (χ0v) is 20.1. The van der Waals surface area contributed by atoms with Crippen LogP contribution >= 0.6 is 0 Å². The first-order valence-electron chi connectivity index (χ1n) is 11.3. The summed E-state index contributed by atoms with van der Waals surface area (Å²) in [6, 6.07) is 8.36. The van der Waals surface area contributed by atoms with E-state index in [4.69, 9.17) is 0 Å². The number of carbonyl (C=O) groups excluding carboxylic acids is 1. The Morgan fingerprint density at radius 2 is 1.87 bits per heavy atom. The Balaban J connectivity index is 0.00000113. The van der Waals surface area contributed by atoms with Gasteiger partial charge < -0.3 is 15.2 Å². The van der Waals surface area contributed by atoms with Gasteiger partial charge in [0.15, 0.2) is 11.5 Å². The topological polar surface area (TPSA) is 84.7 Å². The molecule has 3 aromatic rings. The monoisotopic (exact) mass is 426 g/mol. The van der Waals surface area contributed by atoms with E-state index >= 15 is 0 Å². The van der Waals surface area contributed by atoms with E-state index in [1.54, 1.807) is 19.7 Å². The maximum absolute atomic E-state index is 11.9. The van der Waals surface area contributed by atoms with Crippen LogP contribution in [0.15, 0.2) is 36.9 Å². The van der Waals surface area contributed by atoms with Crippen LogP contribution in [0.25, 0.3) is 11.2 Å². The number of nitrogens with one attached hydrogen (secondary N) is 2. The number of aryl methyl sites for hydroxylation is 2. The van der Waals surface area contributed by atoms with Gasteiger partial charge in [0.05, 0.1) is 6.33 Å². The molecule has 31 heavy (non-hydrogen) atoms. The zero-order chi connectivity index (χ0) is 23.2. The lowest BCUT2D eigenvalue weighted by atomic mass is 10.0. The molecule has 0 spiro atoms. The van der Waals surface area contributed by atoms with Crippen molar-refractivity contribution in [3.63, 3.8) is 0 Å². The first-order valence-corrected chi connectivity index (χ1v) is 11.3. The molecule has 0 saturated heterocycles. The molecule has 0 fully saturated rings. The molecule has 1 unspecified atom stereocenters. The number of rotatable bonds is 8. The Hall–Kier alpha value is -2.96. The molecule has 0 aliphatic heterocycles. The van der Waals surface area contributed by atoms with Gasteiger partial charge in [-0.2, -0.15) is 0 Å². The number of carbonyl (C=O) groups is 1. The smallest absolute Gasteiger partial charge is 0.222 e. The Bertz CT molecular complexity index is 921. The highest BCUT2D eigenvalue weighted by Gasteiger charge is 2.16. The van der Waals surface area contributed by atoms with Crippen molar-refractivity contribution in [3.8, 4) is 0 Å². The SMILES string of the molecule is CC.CC.CCC(CCn1cnc2c(NCc3cccc(C)c3)ncnc21)C(=O)NC. The highest BCUT2D eigenvalue weighted by atomic mass is 16.1. The third kappa shape index (κ3) is 7.35. The molecule has 1 atom stereocenters. The van der Waals surface area contributed by atoms with Crippen LogP contribution in [-0.2, 0) is 17.9 Å². The Labute approximate surface area is 186 Å². The zero-order valence-electron chi connectivity index (χ0n) is 20.1. The Morgan fingerprint density at radius 1 is 1.13 bits per heavy atom. The number of hydrogen-bond donors (Lipinski definition) is 2. The van der Waals surface area contributed by atoms with Crippen molar-refractivity contribution in [2.24, 2.45) is 5.92 Å². The second-order valence-corrected chi connectivity index (χ2v) is 6.68. The summed E-state index contributed by atoms with van der Waals surface area (Å²) in [5.74, 6) is 0.795. The lowest BCUT2D eigenvalue weighted by Gasteiger charge is -2.13. The van der Waals surface area contributed by atoms with E-state index in [0.29, 0.717) is 13.1 Å². The number of fused-ring (bicyclic) bond motifs is 1. The Morgan fingerprint density at radius 3 is 2.52 bits per heavy atom. The minimum absolute atomic E-state index is 0.00629. The predicted octanol–water partition coefficient (Wildman–Crippen LogP) is 4.96. The maximum atomic E-state index is 11.9. The molecule has 170 valence electrons. The molecule has 3 rings (SSSR count). The summed E-state index contributed by atoms with van der Waals surface area (Å²) in [6.45, 7) is 13.5. The quantitative estimate of drug-likeness (QED) is 0.532. The van der Waals surface area contributed by atoms with Gasteiger partial charge in [0, 0.05) is 26.1 Å². The average Bonchev–Trinajstić information content (AvgIpc) is 3.24. The van der Waals surface area contributed by atoms with Crippen molar-refractivity contribution in [1.82, 2.24) is 24.8 Å². The second kappa shape index (κ2) is 14.1. The molecular weight excluding hydrogens is 388 g/mol.